The average molecular weight is 507 g/mol. The zero-order valence-corrected chi connectivity index (χ0v) is 22.2. The second-order valence-corrected chi connectivity index (χ2v) is 9.93. The fourth-order valence-corrected chi connectivity index (χ4v) is 4.85. The molecular weight excluding hydrogens is 468 g/mol. The smallest absolute Gasteiger partial charge is 0.224 e. The van der Waals surface area contributed by atoms with Crippen LogP contribution in [0.5, 0.6) is 5.88 Å². The summed E-state index contributed by atoms with van der Waals surface area (Å²) in [6.45, 7) is 3.75. The van der Waals surface area contributed by atoms with Crippen LogP contribution in [0.1, 0.15) is 70.2 Å². The van der Waals surface area contributed by atoms with Gasteiger partial charge in [-0.1, -0.05) is 38.0 Å². The lowest BCUT2D eigenvalue weighted by molar-refractivity contribution is -0.127. The third kappa shape index (κ3) is 6.95. The molecule has 1 aromatic carbocycles. The van der Waals surface area contributed by atoms with Gasteiger partial charge < -0.3 is 19.4 Å². The summed E-state index contributed by atoms with van der Waals surface area (Å²) < 4.78 is 11.8. The highest BCUT2D eigenvalue weighted by molar-refractivity contribution is 5.85. The number of nitrogens with zero attached hydrogens (tertiary/aromatic N) is 3. The topological polar surface area (TPSA) is 97.6 Å². The first-order valence-corrected chi connectivity index (χ1v) is 13.4. The summed E-state index contributed by atoms with van der Waals surface area (Å²) in [7, 11) is 3.68. The van der Waals surface area contributed by atoms with Gasteiger partial charge in [0, 0.05) is 24.1 Å². The Morgan fingerprint density at radius 2 is 1.97 bits per heavy atom. The highest BCUT2D eigenvalue weighted by atomic mass is 16.5. The Hall–Kier alpha value is -3.26. The first-order chi connectivity index (χ1) is 18.0. The number of amides is 1. The van der Waals surface area contributed by atoms with Crippen LogP contribution < -0.4 is 10.1 Å². The van der Waals surface area contributed by atoms with Crippen LogP contribution >= 0.6 is 0 Å². The van der Waals surface area contributed by atoms with E-state index in [4.69, 9.17) is 9.15 Å². The van der Waals surface area contributed by atoms with Crippen LogP contribution in [0.25, 0.3) is 22.2 Å². The largest absolute Gasteiger partial charge is 0.480 e. The molecule has 0 radical (unpaired) electrons. The first-order valence-electron chi connectivity index (χ1n) is 13.4. The predicted molar refractivity (Wildman–Crippen MR) is 143 cm³/mol. The summed E-state index contributed by atoms with van der Waals surface area (Å²) in [5.41, 5.74) is 1.56. The summed E-state index contributed by atoms with van der Waals surface area (Å²) in [6.07, 6.45) is 7.93. The number of rotatable bonds is 12. The van der Waals surface area contributed by atoms with Crippen LogP contribution in [0.2, 0.25) is 0 Å². The molecule has 3 aromatic rings. The first kappa shape index (κ1) is 26.8. The van der Waals surface area contributed by atoms with Gasteiger partial charge >= 0.3 is 0 Å². The molecule has 0 spiro atoms. The van der Waals surface area contributed by atoms with Gasteiger partial charge in [-0.25, -0.2) is 9.97 Å². The second kappa shape index (κ2) is 12.8. The number of fused-ring (bicyclic) bond motifs is 1. The van der Waals surface area contributed by atoms with E-state index in [0.29, 0.717) is 42.6 Å². The summed E-state index contributed by atoms with van der Waals surface area (Å²) >= 11 is 0. The molecule has 1 aliphatic heterocycles. The van der Waals surface area contributed by atoms with Crippen molar-refractivity contribution in [3.63, 3.8) is 0 Å². The number of unbranched alkanes of at least 4 members (excludes halogenated alkanes) is 2. The molecule has 1 N–H and O–H groups in total. The Labute approximate surface area is 218 Å². The van der Waals surface area contributed by atoms with Crippen LogP contribution in [0.3, 0.4) is 0 Å². The van der Waals surface area contributed by atoms with E-state index in [1.807, 2.05) is 37.3 Å². The third-order valence-electron chi connectivity index (χ3n) is 7.22. The monoisotopic (exact) mass is 506 g/mol. The van der Waals surface area contributed by atoms with Gasteiger partial charge in [0.05, 0.1) is 24.4 Å². The minimum Gasteiger partial charge on any atom is -0.480 e. The summed E-state index contributed by atoms with van der Waals surface area (Å²) in [6, 6.07) is 9.50. The van der Waals surface area contributed by atoms with Gasteiger partial charge in [0.15, 0.2) is 5.76 Å². The van der Waals surface area contributed by atoms with Crippen LogP contribution in [0.15, 0.2) is 40.9 Å². The number of benzene rings is 1. The number of pyridine rings is 1. The maximum absolute atomic E-state index is 13.2. The van der Waals surface area contributed by atoms with E-state index in [0.717, 1.165) is 61.7 Å². The van der Waals surface area contributed by atoms with Gasteiger partial charge in [0.25, 0.3) is 0 Å². The van der Waals surface area contributed by atoms with Crippen LogP contribution in [-0.4, -0.2) is 53.8 Å². The van der Waals surface area contributed by atoms with E-state index < -0.39 is 0 Å². The number of nitrogens with one attached hydrogen (secondary N) is 1. The molecule has 4 rings (SSSR count). The molecule has 37 heavy (non-hydrogen) atoms. The number of Topliss-reactive ketones (excluding diaryl/α,β-unsaturated/α-hetero) is 1. The number of ketones is 1. The second-order valence-electron chi connectivity index (χ2n) is 9.93. The molecule has 2 aromatic heterocycles. The number of oxazole rings is 1. The molecule has 1 saturated heterocycles. The van der Waals surface area contributed by atoms with Crippen molar-refractivity contribution < 1.29 is 18.7 Å². The molecule has 0 saturated carbocycles. The van der Waals surface area contributed by atoms with Crippen molar-refractivity contribution in [1.29, 1.82) is 0 Å². The third-order valence-corrected chi connectivity index (χ3v) is 7.22. The van der Waals surface area contributed by atoms with E-state index in [1.165, 1.54) is 0 Å². The molecule has 198 valence electrons. The maximum atomic E-state index is 13.2. The standard InChI is InChI=1S/C29H38N4O4/c1-4-22(34)11-6-5-7-13-25(31-27(35)20-14-16-33(2)17-15-20)29-30-19-26(37-29)23-18-21-10-8-9-12-24(21)32-28(23)36-3/h8-10,12,18-20,25H,4-7,11,13-17H2,1-3H3,(H,31,35). The summed E-state index contributed by atoms with van der Waals surface area (Å²) in [5.74, 6) is 1.86. The Kier molecular flexibility index (Phi) is 9.28. The average Bonchev–Trinajstić information content (AvgIpc) is 3.41. The molecule has 1 fully saturated rings. The zero-order valence-electron chi connectivity index (χ0n) is 22.2. The van der Waals surface area contributed by atoms with Crippen LogP contribution in [-0.2, 0) is 9.59 Å². The van der Waals surface area contributed by atoms with Crippen molar-refractivity contribution in [2.24, 2.45) is 5.92 Å². The van der Waals surface area contributed by atoms with E-state index >= 15 is 0 Å². The zero-order chi connectivity index (χ0) is 26.2. The molecule has 1 atom stereocenters. The van der Waals surface area contributed by atoms with Crippen molar-refractivity contribution in [3.8, 4) is 17.2 Å². The quantitative estimate of drug-likeness (QED) is 0.332. The molecule has 3 heterocycles. The number of carbonyl (C=O) groups excluding carboxylic acids is 2. The predicted octanol–water partition coefficient (Wildman–Crippen LogP) is 5.33. The normalized spacial score (nSPS) is 15.5. The summed E-state index contributed by atoms with van der Waals surface area (Å²) in [5, 5.41) is 4.20. The van der Waals surface area contributed by atoms with Gasteiger partial charge in [-0.3, -0.25) is 9.59 Å². The molecule has 8 heteroatoms. The number of likely N-dealkylation sites (tertiary alicyclic amines) is 1. The number of piperidine rings is 1. The molecule has 0 aliphatic carbocycles. The Balaban J connectivity index is 1.51. The van der Waals surface area contributed by atoms with E-state index in [1.54, 1.807) is 13.3 Å². The molecule has 1 amide bonds. The molecular formula is C29H38N4O4. The van der Waals surface area contributed by atoms with Crippen molar-refractivity contribution in [2.45, 2.75) is 64.3 Å². The lowest BCUT2D eigenvalue weighted by Gasteiger charge is -2.29. The number of methoxy groups -OCH3 is 1. The Bertz CT molecular complexity index is 1200. The van der Waals surface area contributed by atoms with Gasteiger partial charge in [-0.2, -0.15) is 0 Å². The van der Waals surface area contributed by atoms with Crippen LogP contribution in [0.4, 0.5) is 0 Å². The van der Waals surface area contributed by atoms with Crippen molar-refractivity contribution in [1.82, 2.24) is 20.2 Å². The van der Waals surface area contributed by atoms with Crippen molar-refractivity contribution in [2.75, 3.05) is 27.2 Å². The minimum atomic E-state index is -0.331. The highest BCUT2D eigenvalue weighted by Gasteiger charge is 2.28. The van der Waals surface area contributed by atoms with E-state index in [9.17, 15) is 9.59 Å². The van der Waals surface area contributed by atoms with Crippen LogP contribution in [0, 0.1) is 5.92 Å². The highest BCUT2D eigenvalue weighted by Crippen LogP contribution is 2.34. The molecule has 8 nitrogen and oxygen atoms in total. The fraction of sp³-hybridized carbons (Fsp3) is 0.517. The van der Waals surface area contributed by atoms with Gasteiger partial charge in [-0.15, -0.1) is 0 Å². The molecule has 1 aliphatic rings. The fourth-order valence-electron chi connectivity index (χ4n) is 4.85. The maximum Gasteiger partial charge on any atom is 0.224 e. The Morgan fingerprint density at radius 3 is 2.73 bits per heavy atom. The molecule has 0 bridgehead atoms. The summed E-state index contributed by atoms with van der Waals surface area (Å²) in [4.78, 5) is 36.2. The minimum absolute atomic E-state index is 0.0000835. The van der Waals surface area contributed by atoms with E-state index in [2.05, 4.69) is 27.2 Å². The van der Waals surface area contributed by atoms with E-state index in [-0.39, 0.29) is 17.9 Å². The lowest BCUT2D eigenvalue weighted by Crippen LogP contribution is -2.40. The van der Waals surface area contributed by atoms with Crippen molar-refractivity contribution >= 4 is 22.6 Å². The number of hydrogen-bond donors (Lipinski definition) is 1. The van der Waals surface area contributed by atoms with Gasteiger partial charge in [0.2, 0.25) is 17.7 Å². The van der Waals surface area contributed by atoms with Gasteiger partial charge in [-0.05, 0) is 58.0 Å². The number of para-hydroxylation sites is 1. The number of aromatic nitrogens is 2. The number of ether oxygens (including phenoxy) is 1. The number of carbonyl (C=O) groups is 2. The molecule has 1 unspecified atom stereocenters. The lowest BCUT2D eigenvalue weighted by atomic mass is 9.95. The number of hydrogen-bond acceptors (Lipinski definition) is 7. The Morgan fingerprint density at radius 1 is 1.19 bits per heavy atom. The van der Waals surface area contributed by atoms with Crippen molar-refractivity contribution in [3.05, 3.63) is 42.4 Å². The van der Waals surface area contributed by atoms with Gasteiger partial charge in [0.1, 0.15) is 11.8 Å². The SMILES string of the molecule is CCC(=O)CCCCCC(NC(=O)C1CCN(C)CC1)c1ncc(-c2cc3ccccc3nc2OC)o1.